The lowest BCUT2D eigenvalue weighted by Gasteiger charge is -2.39. The second-order valence-electron chi connectivity index (χ2n) is 7.04. The number of likely N-dealkylation sites (tertiary alicyclic amines) is 1. The fourth-order valence-corrected chi connectivity index (χ4v) is 3.85. The minimum Gasteiger partial charge on any atom is -0.351 e. The van der Waals surface area contributed by atoms with Gasteiger partial charge in [-0.2, -0.15) is 0 Å². The average Bonchev–Trinajstić information content (AvgIpc) is 2.67. The SMILES string of the molecule is C[C@@]1(C(=O)NCc2ccccc2)CCCN(C(=O)c2ccccc2Br)C1. The maximum atomic E-state index is 12.9. The number of amides is 2. The van der Waals surface area contributed by atoms with Crippen molar-refractivity contribution in [1.82, 2.24) is 10.2 Å². The number of nitrogens with zero attached hydrogens (tertiary/aromatic N) is 1. The molecule has 1 atom stereocenters. The highest BCUT2D eigenvalue weighted by Crippen LogP contribution is 2.31. The maximum absolute atomic E-state index is 12.9. The molecule has 2 aromatic carbocycles. The molecular formula is C21H23BrN2O2. The summed E-state index contributed by atoms with van der Waals surface area (Å²) in [6.07, 6.45) is 1.61. The summed E-state index contributed by atoms with van der Waals surface area (Å²) in [5, 5.41) is 3.03. The standard InChI is InChI=1S/C21H23BrN2O2/c1-21(20(26)23-14-16-8-3-2-4-9-16)12-7-13-24(15-21)19(25)17-10-5-6-11-18(17)22/h2-6,8-11H,7,12-15H2,1H3,(H,23,26)/t21-/m1/s1. The average molecular weight is 415 g/mol. The minimum atomic E-state index is -0.566. The van der Waals surface area contributed by atoms with E-state index < -0.39 is 5.41 Å². The Labute approximate surface area is 162 Å². The van der Waals surface area contributed by atoms with Crippen LogP contribution in [-0.4, -0.2) is 29.8 Å². The van der Waals surface area contributed by atoms with E-state index in [-0.39, 0.29) is 11.8 Å². The number of hydrogen-bond donors (Lipinski definition) is 1. The van der Waals surface area contributed by atoms with E-state index in [0.29, 0.717) is 25.2 Å². The Morgan fingerprint density at radius 2 is 1.81 bits per heavy atom. The van der Waals surface area contributed by atoms with Gasteiger partial charge in [0.15, 0.2) is 0 Å². The molecule has 1 heterocycles. The summed E-state index contributed by atoms with van der Waals surface area (Å²) in [4.78, 5) is 27.5. The largest absolute Gasteiger partial charge is 0.351 e. The molecule has 1 aliphatic heterocycles. The van der Waals surface area contributed by atoms with Gasteiger partial charge >= 0.3 is 0 Å². The van der Waals surface area contributed by atoms with Crippen molar-refractivity contribution in [3.05, 3.63) is 70.2 Å². The van der Waals surface area contributed by atoms with Gasteiger partial charge < -0.3 is 10.2 Å². The minimum absolute atomic E-state index is 0.00554. The molecule has 0 aromatic heterocycles. The second kappa shape index (κ2) is 8.04. The third-order valence-electron chi connectivity index (χ3n) is 4.93. The van der Waals surface area contributed by atoms with Gasteiger partial charge in [0.25, 0.3) is 5.91 Å². The van der Waals surface area contributed by atoms with Gasteiger partial charge in [0, 0.05) is 24.1 Å². The van der Waals surface area contributed by atoms with Crippen molar-refractivity contribution in [2.75, 3.05) is 13.1 Å². The highest BCUT2D eigenvalue weighted by Gasteiger charge is 2.39. The van der Waals surface area contributed by atoms with Crippen LogP contribution in [0.4, 0.5) is 0 Å². The van der Waals surface area contributed by atoms with Crippen molar-refractivity contribution in [2.24, 2.45) is 5.41 Å². The van der Waals surface area contributed by atoms with Crippen molar-refractivity contribution in [2.45, 2.75) is 26.3 Å². The van der Waals surface area contributed by atoms with E-state index in [2.05, 4.69) is 21.2 Å². The lowest BCUT2D eigenvalue weighted by Crippen LogP contribution is -2.51. The van der Waals surface area contributed by atoms with Gasteiger partial charge in [-0.05, 0) is 53.4 Å². The van der Waals surface area contributed by atoms with Crippen LogP contribution in [0.2, 0.25) is 0 Å². The Bertz CT molecular complexity index is 794. The fourth-order valence-electron chi connectivity index (χ4n) is 3.39. The van der Waals surface area contributed by atoms with Gasteiger partial charge in [0.1, 0.15) is 0 Å². The van der Waals surface area contributed by atoms with Crippen molar-refractivity contribution in [3.63, 3.8) is 0 Å². The normalized spacial score (nSPS) is 19.8. The van der Waals surface area contributed by atoms with Crippen LogP contribution >= 0.6 is 15.9 Å². The predicted octanol–water partition coefficient (Wildman–Crippen LogP) is 4.01. The molecule has 0 radical (unpaired) electrons. The van der Waals surface area contributed by atoms with E-state index in [1.54, 1.807) is 4.90 Å². The molecule has 4 nitrogen and oxygen atoms in total. The molecule has 1 N–H and O–H groups in total. The third-order valence-corrected chi connectivity index (χ3v) is 5.62. The van der Waals surface area contributed by atoms with Crippen LogP contribution in [0.1, 0.15) is 35.7 Å². The number of carbonyl (C=O) groups is 2. The van der Waals surface area contributed by atoms with Crippen molar-refractivity contribution in [1.29, 1.82) is 0 Å². The molecule has 3 rings (SSSR count). The van der Waals surface area contributed by atoms with Crippen LogP contribution < -0.4 is 5.32 Å². The monoisotopic (exact) mass is 414 g/mol. The topological polar surface area (TPSA) is 49.4 Å². The Balaban J connectivity index is 1.67. The second-order valence-corrected chi connectivity index (χ2v) is 7.89. The zero-order chi connectivity index (χ0) is 18.6. The van der Waals surface area contributed by atoms with E-state index in [1.807, 2.05) is 61.5 Å². The first-order chi connectivity index (χ1) is 12.5. The Morgan fingerprint density at radius 1 is 1.12 bits per heavy atom. The van der Waals surface area contributed by atoms with E-state index in [0.717, 1.165) is 22.9 Å². The van der Waals surface area contributed by atoms with Gasteiger partial charge in [-0.25, -0.2) is 0 Å². The van der Waals surface area contributed by atoms with E-state index in [4.69, 9.17) is 0 Å². The molecule has 136 valence electrons. The summed E-state index contributed by atoms with van der Waals surface area (Å²) in [7, 11) is 0. The third kappa shape index (κ3) is 4.15. The number of rotatable bonds is 4. The van der Waals surface area contributed by atoms with Crippen molar-refractivity contribution < 1.29 is 9.59 Å². The molecular weight excluding hydrogens is 392 g/mol. The van der Waals surface area contributed by atoms with Crippen LogP contribution in [0.15, 0.2) is 59.1 Å². The summed E-state index contributed by atoms with van der Waals surface area (Å²) in [6.45, 7) is 3.58. The molecule has 2 aromatic rings. The summed E-state index contributed by atoms with van der Waals surface area (Å²) in [5.41, 5.74) is 1.15. The molecule has 0 aliphatic carbocycles. The molecule has 0 bridgehead atoms. The molecule has 0 spiro atoms. The lowest BCUT2D eigenvalue weighted by molar-refractivity contribution is -0.132. The molecule has 5 heteroatoms. The smallest absolute Gasteiger partial charge is 0.255 e. The quantitative estimate of drug-likeness (QED) is 0.821. The van der Waals surface area contributed by atoms with Crippen molar-refractivity contribution in [3.8, 4) is 0 Å². The van der Waals surface area contributed by atoms with Gasteiger partial charge in [0.2, 0.25) is 5.91 Å². The van der Waals surface area contributed by atoms with Gasteiger partial charge in [-0.15, -0.1) is 0 Å². The highest BCUT2D eigenvalue weighted by atomic mass is 79.9. The first-order valence-corrected chi connectivity index (χ1v) is 9.65. The van der Waals surface area contributed by atoms with E-state index in [1.165, 1.54) is 0 Å². The molecule has 1 fully saturated rings. The van der Waals surface area contributed by atoms with Gasteiger partial charge in [-0.1, -0.05) is 42.5 Å². The van der Waals surface area contributed by atoms with E-state index in [9.17, 15) is 9.59 Å². The van der Waals surface area contributed by atoms with Crippen molar-refractivity contribution >= 4 is 27.7 Å². The molecule has 1 aliphatic rings. The molecule has 0 unspecified atom stereocenters. The zero-order valence-corrected chi connectivity index (χ0v) is 16.5. The fraction of sp³-hybridized carbons (Fsp3) is 0.333. The zero-order valence-electron chi connectivity index (χ0n) is 14.9. The number of halogens is 1. The summed E-state index contributed by atoms with van der Waals surface area (Å²) in [6, 6.07) is 17.3. The summed E-state index contributed by atoms with van der Waals surface area (Å²) < 4.78 is 0.783. The molecule has 26 heavy (non-hydrogen) atoms. The van der Waals surface area contributed by atoms with Crippen LogP contribution in [-0.2, 0) is 11.3 Å². The van der Waals surface area contributed by atoms with Gasteiger partial charge in [-0.3, -0.25) is 9.59 Å². The first kappa shape index (κ1) is 18.6. The summed E-state index contributed by atoms with van der Waals surface area (Å²) in [5.74, 6) is -0.0229. The highest BCUT2D eigenvalue weighted by molar-refractivity contribution is 9.10. The number of benzene rings is 2. The van der Waals surface area contributed by atoms with Crippen LogP contribution in [0.25, 0.3) is 0 Å². The predicted molar refractivity (Wildman–Crippen MR) is 106 cm³/mol. The van der Waals surface area contributed by atoms with Gasteiger partial charge in [0.05, 0.1) is 11.0 Å². The number of hydrogen-bond acceptors (Lipinski definition) is 2. The van der Waals surface area contributed by atoms with E-state index >= 15 is 0 Å². The van der Waals surface area contributed by atoms with Crippen LogP contribution in [0.5, 0.6) is 0 Å². The maximum Gasteiger partial charge on any atom is 0.255 e. The number of nitrogens with one attached hydrogen (secondary N) is 1. The first-order valence-electron chi connectivity index (χ1n) is 8.86. The number of piperidine rings is 1. The molecule has 2 amide bonds. The van der Waals surface area contributed by atoms with Crippen LogP contribution in [0.3, 0.4) is 0 Å². The Kier molecular flexibility index (Phi) is 5.77. The Morgan fingerprint density at radius 3 is 2.54 bits per heavy atom. The molecule has 1 saturated heterocycles. The Hall–Kier alpha value is -2.14. The van der Waals surface area contributed by atoms with Crippen LogP contribution in [0, 0.1) is 5.41 Å². The lowest BCUT2D eigenvalue weighted by atomic mass is 9.80. The summed E-state index contributed by atoms with van der Waals surface area (Å²) >= 11 is 3.44. The molecule has 0 saturated carbocycles. The number of carbonyl (C=O) groups excluding carboxylic acids is 2.